The van der Waals surface area contributed by atoms with Crippen LogP contribution < -0.4 is 14.8 Å². The molecule has 0 bridgehead atoms. The van der Waals surface area contributed by atoms with Crippen molar-refractivity contribution < 1.29 is 32.2 Å². The number of nitrogens with one attached hydrogen (secondary N) is 1. The molecule has 32 heavy (non-hydrogen) atoms. The second-order valence-electron chi connectivity index (χ2n) is 7.64. The molecule has 2 amide bonds. The van der Waals surface area contributed by atoms with Crippen LogP contribution in [0.3, 0.4) is 0 Å². The Balaban J connectivity index is 2.12. The summed E-state index contributed by atoms with van der Waals surface area (Å²) in [7, 11) is 2.90. The number of anilines is 1. The fraction of sp³-hybridized carbons (Fsp3) is 0.304. The van der Waals surface area contributed by atoms with E-state index < -0.39 is 23.6 Å². The standard InChI is InChI=1S/C23H23F3N2O4/c1-13(2)12-28-21(29)19(14-8-9-17(31-3)18(10-14)32-4)20(22(28)30)27-16-7-5-6-15(11-16)23(24,25)26/h5-11,13,27H,12H2,1-4H3. The third-order valence-electron chi connectivity index (χ3n) is 4.85. The van der Waals surface area contributed by atoms with E-state index in [1.54, 1.807) is 18.2 Å². The van der Waals surface area contributed by atoms with Crippen LogP contribution in [0, 0.1) is 5.92 Å². The largest absolute Gasteiger partial charge is 0.493 e. The molecule has 0 atom stereocenters. The predicted octanol–water partition coefficient (Wildman–Crippen LogP) is 4.57. The Morgan fingerprint density at radius 1 is 0.969 bits per heavy atom. The molecule has 1 aliphatic heterocycles. The molecule has 1 N–H and O–H groups in total. The predicted molar refractivity (Wildman–Crippen MR) is 113 cm³/mol. The summed E-state index contributed by atoms with van der Waals surface area (Å²) in [6.07, 6.45) is -4.54. The number of rotatable bonds is 7. The van der Waals surface area contributed by atoms with Crippen LogP contribution in [0.15, 0.2) is 48.2 Å². The molecule has 0 saturated carbocycles. The lowest BCUT2D eigenvalue weighted by Gasteiger charge is -2.17. The van der Waals surface area contributed by atoms with Gasteiger partial charge < -0.3 is 14.8 Å². The molecule has 6 nitrogen and oxygen atoms in total. The highest BCUT2D eigenvalue weighted by atomic mass is 19.4. The topological polar surface area (TPSA) is 67.9 Å². The number of alkyl halides is 3. The first-order chi connectivity index (χ1) is 15.1. The zero-order valence-electron chi connectivity index (χ0n) is 18.0. The Kier molecular flexibility index (Phi) is 6.47. The van der Waals surface area contributed by atoms with Crippen molar-refractivity contribution in [2.24, 2.45) is 5.92 Å². The maximum absolute atomic E-state index is 13.2. The van der Waals surface area contributed by atoms with Gasteiger partial charge in [0.1, 0.15) is 5.70 Å². The molecular formula is C23H23F3N2O4. The lowest BCUT2D eigenvalue weighted by atomic mass is 10.0. The number of methoxy groups -OCH3 is 2. The minimum atomic E-state index is -4.54. The summed E-state index contributed by atoms with van der Waals surface area (Å²) in [5, 5.41) is 2.75. The molecule has 0 aromatic heterocycles. The zero-order valence-corrected chi connectivity index (χ0v) is 18.0. The van der Waals surface area contributed by atoms with Gasteiger partial charge in [-0.3, -0.25) is 14.5 Å². The minimum Gasteiger partial charge on any atom is -0.493 e. The van der Waals surface area contributed by atoms with Gasteiger partial charge in [0.05, 0.1) is 25.4 Å². The van der Waals surface area contributed by atoms with Gasteiger partial charge in [0.15, 0.2) is 11.5 Å². The van der Waals surface area contributed by atoms with E-state index >= 15 is 0 Å². The number of benzene rings is 2. The van der Waals surface area contributed by atoms with Crippen LogP contribution in [0.25, 0.3) is 5.57 Å². The second-order valence-corrected chi connectivity index (χ2v) is 7.64. The first-order valence-corrected chi connectivity index (χ1v) is 9.84. The van der Waals surface area contributed by atoms with Crippen molar-refractivity contribution in [2.45, 2.75) is 20.0 Å². The molecule has 2 aromatic carbocycles. The SMILES string of the molecule is COc1ccc(C2=C(Nc3cccc(C(F)(F)F)c3)C(=O)N(CC(C)C)C2=O)cc1OC. The number of ether oxygens (including phenoxy) is 2. The Bertz CT molecular complexity index is 1080. The number of carbonyl (C=O) groups excluding carboxylic acids is 2. The van der Waals surface area contributed by atoms with Crippen molar-refractivity contribution in [1.29, 1.82) is 0 Å². The van der Waals surface area contributed by atoms with Crippen LogP contribution in [0.5, 0.6) is 11.5 Å². The summed E-state index contributed by atoms with van der Waals surface area (Å²) in [4.78, 5) is 27.4. The third kappa shape index (κ3) is 4.56. The van der Waals surface area contributed by atoms with Crippen LogP contribution in [0.2, 0.25) is 0 Å². The second kappa shape index (κ2) is 8.94. The number of imide groups is 1. The molecular weight excluding hydrogens is 425 g/mol. The normalized spacial score (nSPS) is 14.4. The Morgan fingerprint density at radius 2 is 1.66 bits per heavy atom. The minimum absolute atomic E-state index is 0.00228. The number of hydrogen-bond donors (Lipinski definition) is 1. The summed E-state index contributed by atoms with van der Waals surface area (Å²) in [5.41, 5.74) is -0.495. The fourth-order valence-corrected chi connectivity index (χ4v) is 3.40. The Labute approximate surface area is 183 Å². The van der Waals surface area contributed by atoms with E-state index in [9.17, 15) is 22.8 Å². The molecule has 1 aliphatic rings. The number of hydrogen-bond acceptors (Lipinski definition) is 5. The molecule has 0 radical (unpaired) electrons. The van der Waals surface area contributed by atoms with E-state index in [4.69, 9.17) is 9.47 Å². The van der Waals surface area contributed by atoms with Gasteiger partial charge in [-0.05, 0) is 41.8 Å². The van der Waals surface area contributed by atoms with Gasteiger partial charge in [-0.2, -0.15) is 13.2 Å². The smallest absolute Gasteiger partial charge is 0.416 e. The van der Waals surface area contributed by atoms with Gasteiger partial charge in [-0.25, -0.2) is 0 Å². The highest BCUT2D eigenvalue weighted by Crippen LogP contribution is 2.37. The molecule has 9 heteroatoms. The highest BCUT2D eigenvalue weighted by Gasteiger charge is 2.40. The number of halogens is 3. The van der Waals surface area contributed by atoms with Crippen LogP contribution >= 0.6 is 0 Å². The van der Waals surface area contributed by atoms with E-state index in [0.717, 1.165) is 17.0 Å². The van der Waals surface area contributed by atoms with Gasteiger partial charge >= 0.3 is 6.18 Å². The fourth-order valence-electron chi connectivity index (χ4n) is 3.40. The van der Waals surface area contributed by atoms with Crippen LogP contribution in [-0.2, 0) is 15.8 Å². The quantitative estimate of drug-likeness (QED) is 0.629. The maximum atomic E-state index is 13.2. The number of nitrogens with zero attached hydrogens (tertiary/aromatic N) is 1. The van der Waals surface area contributed by atoms with E-state index in [-0.39, 0.29) is 29.4 Å². The van der Waals surface area contributed by atoms with E-state index in [2.05, 4.69) is 5.32 Å². The lowest BCUT2D eigenvalue weighted by Crippen LogP contribution is -2.35. The Morgan fingerprint density at radius 3 is 2.25 bits per heavy atom. The third-order valence-corrected chi connectivity index (χ3v) is 4.85. The lowest BCUT2D eigenvalue weighted by molar-refractivity contribution is -0.138. The highest BCUT2D eigenvalue weighted by molar-refractivity contribution is 6.36. The van der Waals surface area contributed by atoms with Crippen LogP contribution in [-0.4, -0.2) is 37.5 Å². The molecule has 1 heterocycles. The van der Waals surface area contributed by atoms with Crippen molar-refractivity contribution in [3.8, 4) is 11.5 Å². The molecule has 0 saturated heterocycles. The number of amides is 2. The van der Waals surface area contributed by atoms with Gasteiger partial charge in [-0.15, -0.1) is 0 Å². The molecule has 170 valence electrons. The summed E-state index contributed by atoms with van der Waals surface area (Å²) >= 11 is 0. The molecule has 0 spiro atoms. The van der Waals surface area contributed by atoms with Crippen LogP contribution in [0.1, 0.15) is 25.0 Å². The van der Waals surface area contributed by atoms with Crippen LogP contribution in [0.4, 0.5) is 18.9 Å². The first-order valence-electron chi connectivity index (χ1n) is 9.84. The van der Waals surface area contributed by atoms with Crippen molar-refractivity contribution >= 4 is 23.1 Å². The van der Waals surface area contributed by atoms with Gasteiger partial charge in [0.25, 0.3) is 11.8 Å². The van der Waals surface area contributed by atoms with E-state index in [1.165, 1.54) is 26.4 Å². The van der Waals surface area contributed by atoms with Crippen molar-refractivity contribution in [1.82, 2.24) is 4.90 Å². The van der Waals surface area contributed by atoms with Gasteiger partial charge in [-0.1, -0.05) is 26.0 Å². The average molecular weight is 448 g/mol. The average Bonchev–Trinajstić information content (AvgIpc) is 2.96. The van der Waals surface area contributed by atoms with Crippen molar-refractivity contribution in [3.05, 3.63) is 59.3 Å². The first kappa shape index (κ1) is 23.2. The molecule has 0 aliphatic carbocycles. The number of carbonyl (C=O) groups is 2. The molecule has 0 fully saturated rings. The Hall–Kier alpha value is -3.49. The van der Waals surface area contributed by atoms with Gasteiger partial charge in [0.2, 0.25) is 0 Å². The zero-order chi connectivity index (χ0) is 23.6. The van der Waals surface area contributed by atoms with Crippen molar-refractivity contribution in [2.75, 3.05) is 26.1 Å². The van der Waals surface area contributed by atoms with E-state index in [1.807, 2.05) is 13.8 Å². The summed E-state index contributed by atoms with van der Waals surface area (Å²) in [6, 6.07) is 9.18. The summed E-state index contributed by atoms with van der Waals surface area (Å²) in [5.74, 6) is -0.364. The van der Waals surface area contributed by atoms with Crippen molar-refractivity contribution in [3.63, 3.8) is 0 Å². The summed E-state index contributed by atoms with van der Waals surface area (Å²) < 4.78 is 49.9. The molecule has 2 aromatic rings. The molecule has 3 rings (SSSR count). The van der Waals surface area contributed by atoms with E-state index in [0.29, 0.717) is 17.1 Å². The monoisotopic (exact) mass is 448 g/mol. The summed E-state index contributed by atoms with van der Waals surface area (Å²) in [6.45, 7) is 3.88. The molecule has 0 unspecified atom stereocenters. The van der Waals surface area contributed by atoms with Gasteiger partial charge in [0, 0.05) is 12.2 Å². The maximum Gasteiger partial charge on any atom is 0.416 e.